The topological polar surface area (TPSA) is 143 Å². The molecule has 2 aromatic carbocycles. The number of nitro groups is 1. The summed E-state index contributed by atoms with van der Waals surface area (Å²) < 4.78 is 0. The van der Waals surface area contributed by atoms with E-state index in [0.717, 1.165) is 29.3 Å². The molecule has 1 unspecified atom stereocenters. The highest BCUT2D eigenvalue weighted by atomic mass is 16.6. The second kappa shape index (κ2) is 9.10. The van der Waals surface area contributed by atoms with Gasteiger partial charge < -0.3 is 20.5 Å². The molecule has 0 radical (unpaired) electrons. The Morgan fingerprint density at radius 3 is 2.56 bits per heavy atom. The van der Waals surface area contributed by atoms with Crippen LogP contribution in [0.1, 0.15) is 51.6 Å². The molecule has 10 heteroatoms. The number of H-pyrrole nitrogens is 1. The van der Waals surface area contributed by atoms with Gasteiger partial charge in [0.25, 0.3) is 11.6 Å². The zero-order valence-electron chi connectivity index (χ0n) is 19.9. The van der Waals surface area contributed by atoms with E-state index in [4.69, 9.17) is 5.73 Å². The first-order chi connectivity index (χ1) is 17.3. The molecule has 10 nitrogen and oxygen atoms in total. The fourth-order valence-electron chi connectivity index (χ4n) is 5.10. The van der Waals surface area contributed by atoms with Gasteiger partial charge in [0.15, 0.2) is 0 Å². The summed E-state index contributed by atoms with van der Waals surface area (Å²) in [6, 6.07) is 9.83. The van der Waals surface area contributed by atoms with Crippen LogP contribution in [-0.2, 0) is 11.2 Å². The molecule has 0 bridgehead atoms. The molecule has 3 amide bonds. The molecule has 2 fully saturated rings. The minimum atomic E-state index is -0.762. The molecule has 3 aromatic rings. The lowest BCUT2D eigenvalue weighted by Gasteiger charge is -2.40. The van der Waals surface area contributed by atoms with E-state index in [1.165, 1.54) is 17.0 Å². The molecule has 1 saturated heterocycles. The van der Waals surface area contributed by atoms with Crippen molar-refractivity contribution in [2.45, 2.75) is 32.2 Å². The van der Waals surface area contributed by atoms with Crippen LogP contribution < -0.4 is 5.73 Å². The van der Waals surface area contributed by atoms with Gasteiger partial charge in [-0.1, -0.05) is 18.2 Å². The molecule has 0 spiro atoms. The maximum Gasteiger partial charge on any atom is 0.282 e. The fraction of sp³-hybridized carbons (Fsp3) is 0.346. The van der Waals surface area contributed by atoms with Crippen molar-refractivity contribution in [3.8, 4) is 0 Å². The summed E-state index contributed by atoms with van der Waals surface area (Å²) in [4.78, 5) is 56.7. The highest BCUT2D eigenvalue weighted by Gasteiger charge is 2.39. The number of piperazine rings is 1. The Balaban J connectivity index is 1.54. The van der Waals surface area contributed by atoms with Crippen LogP contribution in [0.3, 0.4) is 0 Å². The Kier molecular flexibility index (Phi) is 5.95. The summed E-state index contributed by atoms with van der Waals surface area (Å²) in [7, 11) is 0. The quantitative estimate of drug-likeness (QED) is 0.404. The summed E-state index contributed by atoms with van der Waals surface area (Å²) in [5.74, 6) is -1.12. The summed E-state index contributed by atoms with van der Waals surface area (Å²) >= 11 is 0. The molecular formula is C26H27N5O5. The van der Waals surface area contributed by atoms with Crippen molar-refractivity contribution in [2.24, 2.45) is 11.7 Å². The summed E-state index contributed by atoms with van der Waals surface area (Å²) in [5.41, 5.74) is 7.12. The third-order valence-corrected chi connectivity index (χ3v) is 7.13. The molecule has 1 aliphatic heterocycles. The highest BCUT2D eigenvalue weighted by molar-refractivity contribution is 6.05. The van der Waals surface area contributed by atoms with Gasteiger partial charge in [0, 0.05) is 66.7 Å². The number of nitrogens with two attached hydrogens (primary N) is 1. The zero-order chi connectivity index (χ0) is 25.6. The Labute approximate surface area is 207 Å². The lowest BCUT2D eigenvalue weighted by Crippen LogP contribution is -2.56. The van der Waals surface area contributed by atoms with Crippen LogP contribution in [0.2, 0.25) is 0 Å². The number of nitro benzene ring substituents is 1. The van der Waals surface area contributed by atoms with Crippen molar-refractivity contribution in [1.29, 1.82) is 0 Å². The van der Waals surface area contributed by atoms with Crippen LogP contribution >= 0.6 is 0 Å². The normalized spacial score (nSPS) is 17.9. The van der Waals surface area contributed by atoms with Gasteiger partial charge in [0.05, 0.1) is 4.92 Å². The minimum absolute atomic E-state index is 0.0739. The molecule has 3 N–H and O–H groups in total. The minimum Gasteiger partial charge on any atom is -0.366 e. The largest absolute Gasteiger partial charge is 0.366 e. The number of primary amides is 1. The molecule has 1 saturated carbocycles. The Morgan fingerprint density at radius 2 is 1.89 bits per heavy atom. The number of aromatic nitrogens is 1. The number of aromatic amines is 1. The molecule has 2 heterocycles. The number of carbonyl (C=O) groups excluding carboxylic acids is 3. The number of para-hydroxylation sites is 1. The molecule has 5 rings (SSSR count). The van der Waals surface area contributed by atoms with Crippen LogP contribution in [0.5, 0.6) is 0 Å². The van der Waals surface area contributed by atoms with E-state index in [0.29, 0.717) is 6.54 Å². The number of amides is 3. The van der Waals surface area contributed by atoms with Crippen LogP contribution in [0, 0.1) is 16.0 Å². The fourth-order valence-corrected chi connectivity index (χ4v) is 5.10. The van der Waals surface area contributed by atoms with Crippen LogP contribution in [0.4, 0.5) is 5.69 Å². The Bertz CT molecular complexity index is 1390. The number of rotatable bonds is 6. The van der Waals surface area contributed by atoms with Crippen LogP contribution in [-0.4, -0.2) is 63.1 Å². The molecule has 36 heavy (non-hydrogen) atoms. The monoisotopic (exact) mass is 489 g/mol. The van der Waals surface area contributed by atoms with Crippen molar-refractivity contribution >= 4 is 34.3 Å². The lowest BCUT2D eigenvalue weighted by molar-refractivity contribution is -0.385. The van der Waals surface area contributed by atoms with Crippen LogP contribution in [0.15, 0.2) is 42.6 Å². The van der Waals surface area contributed by atoms with E-state index < -0.39 is 16.7 Å². The van der Waals surface area contributed by atoms with E-state index in [9.17, 15) is 24.5 Å². The second-order valence-corrected chi connectivity index (χ2v) is 9.55. The zero-order valence-corrected chi connectivity index (χ0v) is 19.9. The molecule has 2 aliphatic rings. The summed E-state index contributed by atoms with van der Waals surface area (Å²) in [5, 5.41) is 12.9. The second-order valence-electron chi connectivity index (χ2n) is 9.55. The van der Waals surface area contributed by atoms with Gasteiger partial charge in [0.2, 0.25) is 11.8 Å². The number of nitrogens with zero attached hydrogens (tertiary/aromatic N) is 3. The van der Waals surface area contributed by atoms with Gasteiger partial charge in [-0.2, -0.15) is 0 Å². The average molecular weight is 490 g/mol. The number of hydrogen-bond donors (Lipinski definition) is 2. The van der Waals surface area contributed by atoms with Gasteiger partial charge >= 0.3 is 0 Å². The summed E-state index contributed by atoms with van der Waals surface area (Å²) in [6.07, 6.45) is 3.68. The van der Waals surface area contributed by atoms with Crippen molar-refractivity contribution in [2.75, 3.05) is 19.6 Å². The molecule has 1 aliphatic carbocycles. The van der Waals surface area contributed by atoms with Crippen molar-refractivity contribution in [1.82, 2.24) is 14.8 Å². The number of benzene rings is 2. The molecule has 1 atom stereocenters. The van der Waals surface area contributed by atoms with Gasteiger partial charge in [-0.3, -0.25) is 24.5 Å². The highest BCUT2D eigenvalue weighted by Crippen LogP contribution is 2.34. The van der Waals surface area contributed by atoms with E-state index in [-0.39, 0.29) is 59.8 Å². The van der Waals surface area contributed by atoms with Crippen molar-refractivity contribution < 1.29 is 19.3 Å². The predicted octanol–water partition coefficient (Wildman–Crippen LogP) is 2.85. The number of hydrogen-bond acceptors (Lipinski definition) is 5. The third kappa shape index (κ3) is 4.19. The van der Waals surface area contributed by atoms with E-state index in [1.807, 2.05) is 31.2 Å². The van der Waals surface area contributed by atoms with Gasteiger partial charge in [-0.25, -0.2) is 0 Å². The van der Waals surface area contributed by atoms with E-state index in [1.54, 1.807) is 11.1 Å². The van der Waals surface area contributed by atoms with Crippen molar-refractivity contribution in [3.05, 3.63) is 75.0 Å². The SMILES string of the molecule is CC1CN(C(=O)c2c([N+](=O)[O-])ccc(C(N)=O)c2Cc2c[nH]c3ccccc23)CCN1C(=O)C1CC1. The average Bonchev–Trinajstić information content (AvgIpc) is 3.64. The number of nitrogens with one attached hydrogen (secondary N) is 1. The first kappa shape index (κ1) is 23.5. The third-order valence-electron chi connectivity index (χ3n) is 7.13. The Morgan fingerprint density at radius 1 is 1.14 bits per heavy atom. The smallest absolute Gasteiger partial charge is 0.282 e. The maximum atomic E-state index is 13.8. The standard InChI is InChI=1S/C26H27N5O5/c1-15-14-29(10-11-30(15)25(33)16-6-7-16)26(34)23-20(19(24(27)32)8-9-22(23)31(35)36)12-17-13-28-21-5-3-2-4-18(17)21/h2-5,8-9,13,15-16,28H,6-7,10-12,14H2,1H3,(H2,27,32). The predicted molar refractivity (Wildman–Crippen MR) is 133 cm³/mol. The Hall–Kier alpha value is -4.21. The van der Waals surface area contributed by atoms with Crippen LogP contribution in [0.25, 0.3) is 10.9 Å². The van der Waals surface area contributed by atoms with E-state index in [2.05, 4.69) is 4.98 Å². The first-order valence-corrected chi connectivity index (χ1v) is 12.0. The van der Waals surface area contributed by atoms with Crippen molar-refractivity contribution in [3.63, 3.8) is 0 Å². The van der Waals surface area contributed by atoms with Gasteiger partial charge in [-0.05, 0) is 43.0 Å². The molecule has 186 valence electrons. The first-order valence-electron chi connectivity index (χ1n) is 12.0. The molecular weight excluding hydrogens is 462 g/mol. The van der Waals surface area contributed by atoms with Gasteiger partial charge in [0.1, 0.15) is 5.56 Å². The number of fused-ring (bicyclic) bond motifs is 1. The lowest BCUT2D eigenvalue weighted by atomic mass is 9.91. The summed E-state index contributed by atoms with van der Waals surface area (Å²) in [6.45, 7) is 2.75. The maximum absolute atomic E-state index is 13.8. The van der Waals surface area contributed by atoms with Gasteiger partial charge in [-0.15, -0.1) is 0 Å². The number of carbonyl (C=O) groups is 3. The molecule has 1 aromatic heterocycles. The van der Waals surface area contributed by atoms with E-state index >= 15 is 0 Å².